The lowest BCUT2D eigenvalue weighted by atomic mass is 9.78. The number of esters is 4. The van der Waals surface area contributed by atoms with E-state index in [0.29, 0.717) is 5.56 Å². The van der Waals surface area contributed by atoms with Crippen LogP contribution in [-0.4, -0.2) is 65.8 Å². The third kappa shape index (κ3) is 7.98. The van der Waals surface area contributed by atoms with Crippen LogP contribution in [0.4, 0.5) is 5.82 Å². The van der Waals surface area contributed by atoms with Gasteiger partial charge in [-0.1, -0.05) is 18.2 Å². The molecule has 0 aliphatic carbocycles. The van der Waals surface area contributed by atoms with Crippen molar-refractivity contribution in [1.82, 2.24) is 9.55 Å². The van der Waals surface area contributed by atoms with Crippen LogP contribution in [0.25, 0.3) is 0 Å². The minimum atomic E-state index is -2.34. The Balaban J connectivity index is 2.54. The number of aromatic nitrogens is 2. The molecule has 1 aromatic carbocycles. The van der Waals surface area contributed by atoms with Crippen molar-refractivity contribution >= 4 is 35.6 Å². The summed E-state index contributed by atoms with van der Waals surface area (Å²) in [5.41, 5.74) is -2.94. The van der Waals surface area contributed by atoms with Gasteiger partial charge in [0.05, 0.1) is 33.0 Å². The monoisotopic (exact) mass is 559 g/mol. The van der Waals surface area contributed by atoms with Gasteiger partial charge in [0.15, 0.2) is 11.3 Å². The van der Waals surface area contributed by atoms with Gasteiger partial charge in [-0.2, -0.15) is 4.98 Å². The standard InChI is InChI=1S/C27H33N3O10/c1-5-37-22(32)19(23(33)38-6-2)16-27(24(34)39-7-3,25(35)40-8-4)17-30-15-14-20(29-26(30)36)28-21(31)18-12-10-9-11-13-18/h9-15,19H,5-8,16-17H2,1-4H3,(H,28,29,31,36). The van der Waals surface area contributed by atoms with E-state index in [1.807, 2.05) is 0 Å². The van der Waals surface area contributed by atoms with Crippen molar-refractivity contribution in [1.29, 1.82) is 0 Å². The highest BCUT2D eigenvalue weighted by atomic mass is 16.6. The first-order valence-electron chi connectivity index (χ1n) is 12.7. The van der Waals surface area contributed by atoms with E-state index < -0.39 is 59.8 Å². The molecule has 0 saturated heterocycles. The predicted molar refractivity (Wildman–Crippen MR) is 140 cm³/mol. The Morgan fingerprint density at radius 2 is 1.35 bits per heavy atom. The van der Waals surface area contributed by atoms with E-state index in [9.17, 15) is 28.8 Å². The lowest BCUT2D eigenvalue weighted by molar-refractivity contribution is -0.178. The number of nitrogens with zero attached hydrogens (tertiary/aromatic N) is 2. The van der Waals surface area contributed by atoms with Gasteiger partial charge < -0.3 is 24.3 Å². The van der Waals surface area contributed by atoms with Crippen LogP contribution in [0.3, 0.4) is 0 Å². The minimum Gasteiger partial charge on any atom is -0.465 e. The molecule has 0 radical (unpaired) electrons. The second-order valence-electron chi connectivity index (χ2n) is 8.33. The largest absolute Gasteiger partial charge is 0.465 e. The van der Waals surface area contributed by atoms with Crippen molar-refractivity contribution in [2.24, 2.45) is 11.3 Å². The van der Waals surface area contributed by atoms with Gasteiger partial charge in [0.2, 0.25) is 0 Å². The first kappa shape index (κ1) is 31.7. The van der Waals surface area contributed by atoms with Crippen LogP contribution in [0, 0.1) is 11.3 Å². The Kier molecular flexibility index (Phi) is 12.0. The Bertz CT molecular complexity index is 1220. The molecule has 216 valence electrons. The third-order valence-electron chi connectivity index (χ3n) is 5.62. The van der Waals surface area contributed by atoms with Crippen molar-refractivity contribution in [3.8, 4) is 0 Å². The zero-order chi connectivity index (χ0) is 29.7. The molecule has 0 atom stereocenters. The van der Waals surface area contributed by atoms with Gasteiger partial charge in [0.1, 0.15) is 5.82 Å². The summed E-state index contributed by atoms with van der Waals surface area (Å²) < 4.78 is 21.2. The summed E-state index contributed by atoms with van der Waals surface area (Å²) >= 11 is 0. The molecule has 13 nitrogen and oxygen atoms in total. The second-order valence-corrected chi connectivity index (χ2v) is 8.33. The summed E-state index contributed by atoms with van der Waals surface area (Å²) in [5, 5.41) is 2.50. The third-order valence-corrected chi connectivity index (χ3v) is 5.62. The highest BCUT2D eigenvalue weighted by Gasteiger charge is 2.54. The molecule has 1 heterocycles. The van der Waals surface area contributed by atoms with Gasteiger partial charge in [-0.3, -0.25) is 28.5 Å². The molecule has 0 unspecified atom stereocenters. The smallest absolute Gasteiger partial charge is 0.349 e. The van der Waals surface area contributed by atoms with Crippen molar-refractivity contribution in [2.45, 2.75) is 40.7 Å². The lowest BCUT2D eigenvalue weighted by Crippen LogP contribution is -2.50. The normalized spacial score (nSPS) is 10.9. The molecule has 2 aromatic rings. The molecule has 1 amide bonds. The maximum absolute atomic E-state index is 13.3. The van der Waals surface area contributed by atoms with E-state index in [1.165, 1.54) is 40.0 Å². The molecule has 1 N–H and O–H groups in total. The topological polar surface area (TPSA) is 169 Å². The number of hydrogen-bond donors (Lipinski definition) is 1. The number of nitrogens with one attached hydrogen (secondary N) is 1. The van der Waals surface area contributed by atoms with Crippen molar-refractivity contribution in [3.63, 3.8) is 0 Å². The number of benzene rings is 1. The molecule has 0 aliphatic heterocycles. The van der Waals surface area contributed by atoms with Crippen LogP contribution in [0.5, 0.6) is 0 Å². The summed E-state index contributed by atoms with van der Waals surface area (Å²) in [6.45, 7) is 4.88. The highest BCUT2D eigenvalue weighted by molar-refractivity contribution is 6.04. The van der Waals surface area contributed by atoms with Gasteiger partial charge >= 0.3 is 29.6 Å². The van der Waals surface area contributed by atoms with E-state index in [4.69, 9.17) is 18.9 Å². The van der Waals surface area contributed by atoms with E-state index in [0.717, 1.165) is 4.57 Å². The van der Waals surface area contributed by atoms with Crippen molar-refractivity contribution in [2.75, 3.05) is 31.7 Å². The van der Waals surface area contributed by atoms with Crippen molar-refractivity contribution < 1.29 is 42.9 Å². The number of ether oxygens (including phenoxy) is 4. The Morgan fingerprint density at radius 3 is 1.82 bits per heavy atom. The number of carbonyl (C=O) groups excluding carboxylic acids is 5. The van der Waals surface area contributed by atoms with E-state index in [2.05, 4.69) is 10.3 Å². The molecule has 2 rings (SSSR count). The van der Waals surface area contributed by atoms with Gasteiger partial charge in [-0.15, -0.1) is 0 Å². The van der Waals surface area contributed by atoms with Crippen LogP contribution in [0.2, 0.25) is 0 Å². The summed E-state index contributed by atoms with van der Waals surface area (Å²) in [6.07, 6.45) is 0.439. The molecule has 1 aromatic heterocycles. The van der Waals surface area contributed by atoms with Gasteiger partial charge in [0, 0.05) is 11.8 Å². The van der Waals surface area contributed by atoms with Crippen LogP contribution < -0.4 is 11.0 Å². The summed E-state index contributed by atoms with van der Waals surface area (Å²) in [4.78, 5) is 81.4. The SMILES string of the molecule is CCOC(=O)C(CC(Cn1ccc(NC(=O)c2ccccc2)nc1=O)(C(=O)OCC)C(=O)OCC)C(=O)OCC. The number of anilines is 1. The van der Waals surface area contributed by atoms with Crippen LogP contribution in [0.15, 0.2) is 47.4 Å². The molecule has 0 bridgehead atoms. The summed E-state index contributed by atoms with van der Waals surface area (Å²) in [6, 6.07) is 9.52. The first-order valence-corrected chi connectivity index (χ1v) is 12.7. The van der Waals surface area contributed by atoms with Gasteiger partial charge in [-0.05, 0) is 52.3 Å². The molecule has 13 heteroatoms. The van der Waals surface area contributed by atoms with Crippen LogP contribution in [-0.2, 0) is 44.7 Å². The molecular weight excluding hydrogens is 526 g/mol. The average Bonchev–Trinajstić information content (AvgIpc) is 2.93. The fourth-order valence-corrected chi connectivity index (χ4v) is 3.77. The molecule has 40 heavy (non-hydrogen) atoms. The fraction of sp³-hybridized carbons (Fsp3) is 0.444. The maximum atomic E-state index is 13.3. The number of hydrogen-bond acceptors (Lipinski definition) is 11. The Morgan fingerprint density at radius 1 is 0.825 bits per heavy atom. The first-order chi connectivity index (χ1) is 19.1. The van der Waals surface area contributed by atoms with E-state index in [1.54, 1.807) is 30.3 Å². The highest BCUT2D eigenvalue weighted by Crippen LogP contribution is 2.34. The second kappa shape index (κ2) is 15.1. The van der Waals surface area contributed by atoms with Crippen LogP contribution >= 0.6 is 0 Å². The number of rotatable bonds is 14. The van der Waals surface area contributed by atoms with Crippen LogP contribution in [0.1, 0.15) is 44.5 Å². The average molecular weight is 560 g/mol. The quantitative estimate of drug-likeness (QED) is 0.203. The molecular formula is C27H33N3O10. The number of carbonyl (C=O) groups is 5. The maximum Gasteiger partial charge on any atom is 0.349 e. The Labute approximate surface area is 230 Å². The van der Waals surface area contributed by atoms with Gasteiger partial charge in [0.25, 0.3) is 5.91 Å². The summed E-state index contributed by atoms with van der Waals surface area (Å²) in [5.74, 6) is -6.59. The lowest BCUT2D eigenvalue weighted by Gasteiger charge is -2.31. The van der Waals surface area contributed by atoms with Crippen molar-refractivity contribution in [3.05, 3.63) is 58.6 Å². The zero-order valence-corrected chi connectivity index (χ0v) is 22.8. The minimum absolute atomic E-state index is 0.0797. The molecule has 0 saturated carbocycles. The molecule has 0 spiro atoms. The Hall–Kier alpha value is -4.55. The van der Waals surface area contributed by atoms with Gasteiger partial charge in [-0.25, -0.2) is 4.79 Å². The molecule has 0 fully saturated rings. The fourth-order valence-electron chi connectivity index (χ4n) is 3.77. The number of amides is 1. The zero-order valence-electron chi connectivity index (χ0n) is 22.8. The van der Waals surface area contributed by atoms with E-state index in [-0.39, 0.29) is 32.2 Å². The predicted octanol–water partition coefficient (Wildman–Crippen LogP) is 1.74. The molecule has 0 aliphatic rings. The van der Waals surface area contributed by atoms with E-state index >= 15 is 0 Å². The summed E-state index contributed by atoms with van der Waals surface area (Å²) in [7, 11) is 0.